The molecule has 2 heterocycles. The summed E-state index contributed by atoms with van der Waals surface area (Å²) in [7, 11) is 1.43. The van der Waals surface area contributed by atoms with Crippen LogP contribution in [0.25, 0.3) is 0 Å². The fourth-order valence-corrected chi connectivity index (χ4v) is 3.56. The lowest BCUT2D eigenvalue weighted by Gasteiger charge is -2.38. The van der Waals surface area contributed by atoms with Crippen molar-refractivity contribution in [3.8, 4) is 5.75 Å². The van der Waals surface area contributed by atoms with E-state index in [9.17, 15) is 22.4 Å². The highest BCUT2D eigenvalue weighted by atomic mass is 35.5. The Hall–Kier alpha value is -2.33. The van der Waals surface area contributed by atoms with Gasteiger partial charge in [-0.15, -0.1) is 0 Å². The van der Waals surface area contributed by atoms with Crippen LogP contribution in [-0.4, -0.2) is 54.3 Å². The summed E-state index contributed by atoms with van der Waals surface area (Å²) in [5.41, 5.74) is -0.510. The quantitative estimate of drug-likeness (QED) is 0.532. The first-order valence-electron chi connectivity index (χ1n) is 8.76. The van der Waals surface area contributed by atoms with Crippen molar-refractivity contribution in [2.45, 2.75) is 19.3 Å². The standard InChI is InChI=1S/C18H19ClF4N4O2/c1-11-7-16(18(21,22)23)24-27(11)17(10-28)26-5-3-25(4-6-26)14-9-15(29-2)12(19)8-13(14)20/h7-10,17H,3-6H2,1-2H3. The maximum absolute atomic E-state index is 14.3. The van der Waals surface area contributed by atoms with E-state index in [1.807, 2.05) is 0 Å². The first kappa shape index (κ1) is 21.4. The molecule has 0 radical (unpaired) electrons. The molecule has 158 valence electrons. The summed E-state index contributed by atoms with van der Waals surface area (Å²) >= 11 is 5.92. The van der Waals surface area contributed by atoms with Crippen molar-refractivity contribution in [3.63, 3.8) is 0 Å². The van der Waals surface area contributed by atoms with Crippen LogP contribution in [0.3, 0.4) is 0 Å². The predicted octanol–water partition coefficient (Wildman–Crippen LogP) is 3.53. The van der Waals surface area contributed by atoms with Gasteiger partial charge in [0.1, 0.15) is 11.6 Å². The molecule has 1 unspecified atom stereocenters. The maximum Gasteiger partial charge on any atom is 0.435 e. The van der Waals surface area contributed by atoms with E-state index in [0.29, 0.717) is 43.9 Å². The Labute approximate surface area is 169 Å². The molecule has 1 fully saturated rings. The van der Waals surface area contributed by atoms with Gasteiger partial charge in [-0.3, -0.25) is 9.69 Å². The predicted molar refractivity (Wildman–Crippen MR) is 98.8 cm³/mol. The number of piperazine rings is 1. The smallest absolute Gasteiger partial charge is 0.435 e. The average molecular weight is 435 g/mol. The van der Waals surface area contributed by atoms with Gasteiger partial charge in [-0.1, -0.05) is 11.6 Å². The molecule has 1 aromatic heterocycles. The third kappa shape index (κ3) is 4.32. The van der Waals surface area contributed by atoms with Gasteiger partial charge in [0, 0.05) is 37.9 Å². The van der Waals surface area contributed by atoms with Crippen molar-refractivity contribution in [3.05, 3.63) is 40.4 Å². The molecule has 1 aliphatic heterocycles. The van der Waals surface area contributed by atoms with Gasteiger partial charge in [0.2, 0.25) is 0 Å². The molecule has 0 amide bonds. The number of halogens is 5. The van der Waals surface area contributed by atoms with Crippen molar-refractivity contribution < 1.29 is 27.1 Å². The summed E-state index contributed by atoms with van der Waals surface area (Å²) in [5.74, 6) is -0.169. The number of carbonyl (C=O) groups is 1. The zero-order valence-corrected chi connectivity index (χ0v) is 16.5. The summed E-state index contributed by atoms with van der Waals surface area (Å²) < 4.78 is 59.3. The molecule has 3 rings (SSSR count). The molecular formula is C18H19ClF4N4O2. The number of rotatable bonds is 5. The number of alkyl halides is 3. The summed E-state index contributed by atoms with van der Waals surface area (Å²) in [6, 6.07) is 3.57. The Bertz CT molecular complexity index is 895. The second-order valence-corrected chi connectivity index (χ2v) is 7.03. The number of methoxy groups -OCH3 is 1. The number of ether oxygens (including phenoxy) is 1. The Kier molecular flexibility index (Phi) is 6.04. The minimum absolute atomic E-state index is 0.156. The number of aldehydes is 1. The van der Waals surface area contributed by atoms with Crippen LogP contribution in [0.15, 0.2) is 18.2 Å². The van der Waals surface area contributed by atoms with Crippen LogP contribution in [0.4, 0.5) is 23.2 Å². The van der Waals surface area contributed by atoms with Gasteiger partial charge in [0.15, 0.2) is 18.1 Å². The third-order valence-corrected chi connectivity index (χ3v) is 5.13. The first-order chi connectivity index (χ1) is 13.7. The third-order valence-electron chi connectivity index (χ3n) is 4.84. The second-order valence-electron chi connectivity index (χ2n) is 6.62. The molecule has 11 heteroatoms. The Balaban J connectivity index is 1.76. The van der Waals surface area contributed by atoms with E-state index in [4.69, 9.17) is 16.3 Å². The van der Waals surface area contributed by atoms with E-state index in [1.54, 1.807) is 9.80 Å². The van der Waals surface area contributed by atoms with Crippen LogP contribution in [0.5, 0.6) is 5.75 Å². The number of aromatic nitrogens is 2. The van der Waals surface area contributed by atoms with Crippen LogP contribution in [-0.2, 0) is 11.0 Å². The highest BCUT2D eigenvalue weighted by molar-refractivity contribution is 6.32. The highest BCUT2D eigenvalue weighted by Crippen LogP contribution is 2.33. The van der Waals surface area contributed by atoms with Gasteiger partial charge >= 0.3 is 6.18 Å². The molecule has 1 aromatic carbocycles. The summed E-state index contributed by atoms with van der Waals surface area (Å²) in [5, 5.41) is 3.72. The van der Waals surface area contributed by atoms with E-state index in [1.165, 1.54) is 26.2 Å². The van der Waals surface area contributed by atoms with E-state index in [0.717, 1.165) is 10.7 Å². The number of benzene rings is 1. The van der Waals surface area contributed by atoms with Crippen LogP contribution >= 0.6 is 11.6 Å². The Morgan fingerprint density at radius 1 is 1.21 bits per heavy atom. The highest BCUT2D eigenvalue weighted by Gasteiger charge is 2.36. The number of aryl methyl sites for hydroxylation is 1. The second kappa shape index (κ2) is 8.19. The summed E-state index contributed by atoms with van der Waals surface area (Å²) in [6.07, 6.45) is -5.01. The molecule has 0 spiro atoms. The van der Waals surface area contributed by atoms with Crippen molar-refractivity contribution in [2.24, 2.45) is 0 Å². The van der Waals surface area contributed by atoms with Gasteiger partial charge in [0.05, 0.1) is 17.8 Å². The SMILES string of the molecule is COc1cc(N2CCN(C(C=O)n3nc(C(F)(F)F)cc3C)CC2)c(F)cc1Cl. The minimum atomic E-state index is -4.59. The number of hydrogen-bond acceptors (Lipinski definition) is 5. The maximum atomic E-state index is 14.3. The van der Waals surface area contributed by atoms with Crippen LogP contribution in [0.2, 0.25) is 5.02 Å². The van der Waals surface area contributed by atoms with Crippen LogP contribution in [0.1, 0.15) is 17.6 Å². The molecular weight excluding hydrogens is 416 g/mol. The molecule has 29 heavy (non-hydrogen) atoms. The Morgan fingerprint density at radius 2 is 1.86 bits per heavy atom. The number of hydrogen-bond donors (Lipinski definition) is 0. The zero-order valence-electron chi connectivity index (χ0n) is 15.7. The molecule has 1 saturated heterocycles. The van der Waals surface area contributed by atoms with Gasteiger partial charge < -0.3 is 9.64 Å². The largest absolute Gasteiger partial charge is 0.495 e. The molecule has 1 aliphatic rings. The zero-order chi connectivity index (χ0) is 21.3. The number of nitrogens with zero attached hydrogens (tertiary/aromatic N) is 4. The molecule has 0 aliphatic carbocycles. The van der Waals surface area contributed by atoms with Gasteiger partial charge in [0.25, 0.3) is 0 Å². The van der Waals surface area contributed by atoms with Gasteiger partial charge in [-0.2, -0.15) is 18.3 Å². The van der Waals surface area contributed by atoms with Crippen molar-refractivity contribution in [2.75, 3.05) is 38.2 Å². The van der Waals surface area contributed by atoms with E-state index in [-0.39, 0.29) is 10.7 Å². The lowest BCUT2D eigenvalue weighted by atomic mass is 10.2. The minimum Gasteiger partial charge on any atom is -0.495 e. The monoisotopic (exact) mass is 434 g/mol. The van der Waals surface area contributed by atoms with E-state index in [2.05, 4.69) is 5.10 Å². The number of carbonyl (C=O) groups excluding carboxylic acids is 1. The van der Waals surface area contributed by atoms with Crippen molar-refractivity contribution >= 4 is 23.6 Å². The normalized spacial score (nSPS) is 16.7. The molecule has 2 aromatic rings. The van der Waals surface area contributed by atoms with Crippen LogP contribution < -0.4 is 9.64 Å². The molecule has 0 saturated carbocycles. The Morgan fingerprint density at radius 3 is 2.38 bits per heavy atom. The first-order valence-corrected chi connectivity index (χ1v) is 9.14. The van der Waals surface area contributed by atoms with Crippen LogP contribution in [0, 0.1) is 12.7 Å². The summed E-state index contributed by atoms with van der Waals surface area (Å²) in [6.45, 7) is 2.84. The van der Waals surface area contributed by atoms with Crippen molar-refractivity contribution in [1.29, 1.82) is 0 Å². The fourth-order valence-electron chi connectivity index (χ4n) is 3.34. The average Bonchev–Trinajstić information content (AvgIpc) is 3.05. The topological polar surface area (TPSA) is 50.6 Å². The lowest BCUT2D eigenvalue weighted by Crippen LogP contribution is -2.49. The molecule has 0 N–H and O–H groups in total. The van der Waals surface area contributed by atoms with Crippen molar-refractivity contribution in [1.82, 2.24) is 14.7 Å². The fraction of sp³-hybridized carbons (Fsp3) is 0.444. The van der Waals surface area contributed by atoms with E-state index >= 15 is 0 Å². The number of anilines is 1. The molecule has 6 nitrogen and oxygen atoms in total. The van der Waals surface area contributed by atoms with Gasteiger partial charge in [-0.25, -0.2) is 9.07 Å². The summed E-state index contributed by atoms with van der Waals surface area (Å²) in [4.78, 5) is 15.1. The van der Waals surface area contributed by atoms with E-state index < -0.39 is 23.9 Å². The lowest BCUT2D eigenvalue weighted by molar-refractivity contribution is -0.142. The molecule has 1 atom stereocenters. The molecule has 0 bridgehead atoms. The van der Waals surface area contributed by atoms with Gasteiger partial charge in [-0.05, 0) is 19.1 Å².